The van der Waals surface area contributed by atoms with Crippen molar-refractivity contribution < 1.29 is 31.5 Å². The van der Waals surface area contributed by atoms with Gasteiger partial charge in [-0.1, -0.05) is 30.3 Å². The molecule has 0 radical (unpaired) electrons. The maximum absolute atomic E-state index is 15.7. The quantitative estimate of drug-likeness (QED) is 0.459. The number of ether oxygens (including phenoxy) is 1. The molecule has 4 heterocycles. The van der Waals surface area contributed by atoms with Gasteiger partial charge in [0.05, 0.1) is 11.3 Å². The zero-order chi connectivity index (χ0) is 26.4. The van der Waals surface area contributed by atoms with Crippen LogP contribution in [0.3, 0.4) is 0 Å². The van der Waals surface area contributed by atoms with Crippen LogP contribution in [-0.4, -0.2) is 47.9 Å². The summed E-state index contributed by atoms with van der Waals surface area (Å²) < 4.78 is 77.7. The van der Waals surface area contributed by atoms with Crippen LogP contribution in [0.25, 0.3) is 11.3 Å². The van der Waals surface area contributed by atoms with Crippen LogP contribution in [0.2, 0.25) is 0 Å². The number of carbonyl (C=O) groups is 1. The van der Waals surface area contributed by atoms with Crippen molar-refractivity contribution in [3.8, 4) is 11.3 Å². The molecule has 0 unspecified atom stereocenters. The van der Waals surface area contributed by atoms with Crippen LogP contribution in [0.15, 0.2) is 54.7 Å². The van der Waals surface area contributed by atoms with Gasteiger partial charge >= 0.3 is 12.3 Å². The molecule has 194 valence electrons. The maximum atomic E-state index is 15.7. The van der Waals surface area contributed by atoms with E-state index in [-0.39, 0.29) is 34.5 Å². The largest absolute Gasteiger partial charge is 0.431 e. The summed E-state index contributed by atoms with van der Waals surface area (Å²) in [6.07, 6.45) is -7.73. The number of alkyl halides is 5. The van der Waals surface area contributed by atoms with Crippen LogP contribution in [-0.2, 0) is 10.7 Å². The first kappa shape index (κ1) is 24.9. The van der Waals surface area contributed by atoms with E-state index in [1.54, 1.807) is 6.07 Å². The van der Waals surface area contributed by atoms with Crippen LogP contribution in [0.4, 0.5) is 38.4 Å². The van der Waals surface area contributed by atoms with E-state index in [1.807, 2.05) is 11.8 Å². The molecule has 3 aromatic rings. The van der Waals surface area contributed by atoms with Crippen molar-refractivity contribution >= 4 is 17.7 Å². The molecule has 1 saturated heterocycles. The number of hydrogen-bond acceptors (Lipinski definition) is 6. The normalized spacial score (nSPS) is 20.2. The third-order valence-corrected chi connectivity index (χ3v) is 6.27. The zero-order valence-corrected chi connectivity index (χ0v) is 19.5. The number of fused-ring (bicyclic) bond motifs is 1. The van der Waals surface area contributed by atoms with Crippen molar-refractivity contribution in [3.63, 3.8) is 0 Å². The molecule has 2 aliphatic heterocycles. The topological polar surface area (TPSA) is 79.4 Å². The fourth-order valence-electron chi connectivity index (χ4n) is 4.54. The van der Waals surface area contributed by atoms with E-state index in [2.05, 4.69) is 25.3 Å². The minimum atomic E-state index is -4.97. The average molecular weight is 519 g/mol. The highest BCUT2D eigenvalue weighted by atomic mass is 19.4. The van der Waals surface area contributed by atoms with Crippen LogP contribution in [0.1, 0.15) is 29.7 Å². The second-order valence-corrected chi connectivity index (χ2v) is 8.91. The first-order chi connectivity index (χ1) is 17.5. The average Bonchev–Trinajstić information content (AvgIpc) is 2.87. The number of hydrogen-bond donors (Lipinski definition) is 2. The van der Waals surface area contributed by atoms with Crippen LogP contribution >= 0.6 is 0 Å². The Balaban J connectivity index is 1.71. The molecular weight excluding hydrogens is 497 g/mol. The molecule has 7 nitrogen and oxygen atoms in total. The number of piperazine rings is 1. The van der Waals surface area contributed by atoms with E-state index in [1.165, 1.54) is 42.6 Å². The number of amides is 1. The van der Waals surface area contributed by atoms with E-state index < -0.39 is 35.4 Å². The van der Waals surface area contributed by atoms with Crippen molar-refractivity contribution in [1.29, 1.82) is 0 Å². The molecule has 5 rings (SSSR count). The van der Waals surface area contributed by atoms with Gasteiger partial charge in [0.15, 0.2) is 0 Å². The number of rotatable bonds is 4. The molecule has 2 aliphatic rings. The lowest BCUT2D eigenvalue weighted by Crippen LogP contribution is -2.49. The summed E-state index contributed by atoms with van der Waals surface area (Å²) in [5, 5.41) is 5.42. The fraction of sp³-hybridized carbons (Fsp3) is 0.320. The summed E-state index contributed by atoms with van der Waals surface area (Å²) in [4.78, 5) is 21.9. The Kier molecular flexibility index (Phi) is 6.22. The summed E-state index contributed by atoms with van der Waals surface area (Å²) >= 11 is 0. The van der Waals surface area contributed by atoms with Gasteiger partial charge in [0.25, 0.3) is 5.92 Å². The van der Waals surface area contributed by atoms with Gasteiger partial charge in [0.1, 0.15) is 11.6 Å². The number of nitrogens with zero attached hydrogens (tertiary/aromatic N) is 3. The molecule has 2 aromatic heterocycles. The molecule has 12 heteroatoms. The first-order valence-electron chi connectivity index (χ1n) is 11.5. The van der Waals surface area contributed by atoms with Gasteiger partial charge in [-0.2, -0.15) is 22.0 Å². The third kappa shape index (κ3) is 4.80. The van der Waals surface area contributed by atoms with Gasteiger partial charge in [0.2, 0.25) is 6.10 Å². The minimum absolute atomic E-state index is 0.0456. The summed E-state index contributed by atoms with van der Waals surface area (Å²) in [7, 11) is 0. The molecule has 1 aromatic carbocycles. The molecule has 37 heavy (non-hydrogen) atoms. The number of carbonyl (C=O) groups excluding carboxylic acids is 1. The van der Waals surface area contributed by atoms with E-state index >= 15 is 8.78 Å². The van der Waals surface area contributed by atoms with Crippen molar-refractivity contribution in [2.24, 2.45) is 0 Å². The molecule has 0 bridgehead atoms. The molecule has 1 fully saturated rings. The lowest BCUT2D eigenvalue weighted by molar-refractivity contribution is -0.206. The van der Waals surface area contributed by atoms with Gasteiger partial charge in [0, 0.05) is 48.6 Å². The Bertz CT molecular complexity index is 1320. The van der Waals surface area contributed by atoms with Gasteiger partial charge < -0.3 is 15.0 Å². The lowest BCUT2D eigenvalue weighted by atomic mass is 9.95. The first-order valence-corrected chi connectivity index (χ1v) is 11.5. The summed E-state index contributed by atoms with van der Waals surface area (Å²) in [5.74, 6) is -3.63. The number of pyridine rings is 2. The maximum Gasteiger partial charge on any atom is 0.430 e. The van der Waals surface area contributed by atoms with Crippen molar-refractivity contribution in [2.45, 2.75) is 31.2 Å². The molecule has 1 amide bonds. The van der Waals surface area contributed by atoms with Crippen LogP contribution < -0.4 is 15.5 Å². The Morgan fingerprint density at radius 1 is 1.05 bits per heavy atom. The highest BCUT2D eigenvalue weighted by Gasteiger charge is 2.49. The van der Waals surface area contributed by atoms with Gasteiger partial charge in [-0.25, -0.2) is 14.8 Å². The van der Waals surface area contributed by atoms with Gasteiger partial charge in [-0.3, -0.25) is 5.32 Å². The Morgan fingerprint density at radius 2 is 1.81 bits per heavy atom. The van der Waals surface area contributed by atoms with E-state index in [0.717, 1.165) is 6.07 Å². The fourth-order valence-corrected chi connectivity index (χ4v) is 4.54. The molecular formula is C25H22F5N5O2. The second-order valence-electron chi connectivity index (χ2n) is 8.91. The van der Waals surface area contributed by atoms with E-state index in [4.69, 9.17) is 0 Å². The van der Waals surface area contributed by atoms with Crippen LogP contribution in [0.5, 0.6) is 0 Å². The predicted molar refractivity (Wildman–Crippen MR) is 125 cm³/mol. The zero-order valence-electron chi connectivity index (χ0n) is 19.5. The van der Waals surface area contributed by atoms with E-state index in [9.17, 15) is 18.0 Å². The lowest BCUT2D eigenvalue weighted by Gasteiger charge is -2.34. The number of nitrogens with one attached hydrogen (secondary N) is 2. The van der Waals surface area contributed by atoms with Crippen molar-refractivity contribution in [2.75, 3.05) is 29.9 Å². The predicted octanol–water partition coefficient (Wildman–Crippen LogP) is 5.25. The van der Waals surface area contributed by atoms with Gasteiger partial charge in [-0.05, 0) is 25.1 Å². The summed E-state index contributed by atoms with van der Waals surface area (Å²) in [5.41, 5.74) is -1.45. The smallest absolute Gasteiger partial charge is 0.430 e. The van der Waals surface area contributed by atoms with Crippen molar-refractivity contribution in [3.05, 3.63) is 71.4 Å². The molecule has 2 atom stereocenters. The molecule has 0 aliphatic carbocycles. The molecule has 2 N–H and O–H groups in total. The summed E-state index contributed by atoms with van der Waals surface area (Å²) in [6.45, 7) is 3.45. The van der Waals surface area contributed by atoms with E-state index in [0.29, 0.717) is 19.6 Å². The Labute approximate surface area is 208 Å². The Hall–Kier alpha value is -3.80. The highest BCUT2D eigenvalue weighted by Crippen LogP contribution is 2.46. The minimum Gasteiger partial charge on any atom is -0.431 e. The number of halogens is 5. The SMILES string of the molecule is C[C@H]1CN(c2cc(C(F)(F)c3ccccc3)cc(-c3ccnc4c3[C@H](C(F)(F)F)OC(=O)N4)n2)CCN1. The summed E-state index contributed by atoms with van der Waals surface area (Å²) in [6, 6.07) is 10.8. The van der Waals surface area contributed by atoms with Crippen LogP contribution in [0, 0.1) is 0 Å². The van der Waals surface area contributed by atoms with Gasteiger partial charge in [-0.15, -0.1) is 0 Å². The molecule has 0 saturated carbocycles. The monoisotopic (exact) mass is 519 g/mol. The molecule has 0 spiro atoms. The third-order valence-electron chi connectivity index (χ3n) is 6.27. The second kappa shape index (κ2) is 9.25. The number of anilines is 2. The van der Waals surface area contributed by atoms with Crippen molar-refractivity contribution in [1.82, 2.24) is 15.3 Å². The number of benzene rings is 1. The highest BCUT2D eigenvalue weighted by molar-refractivity contribution is 5.89. The Morgan fingerprint density at radius 3 is 2.51 bits per heavy atom. The number of aromatic nitrogens is 2. The standard InChI is InChI=1S/C25H22F5N5O2/c1-14-13-35(10-9-31-14)19-12-16(24(26,27)15-5-3-2-4-6-15)11-18(33-19)17-7-8-32-22-20(17)21(25(28,29)30)37-23(36)34-22/h2-8,11-12,14,21,31H,9-10,13H2,1H3,(H,32,34,36)/t14-,21+/m0/s1. The number of cyclic esters (lactones) is 1.